The van der Waals surface area contributed by atoms with Crippen LogP contribution in [0, 0.1) is 0 Å². The van der Waals surface area contributed by atoms with Gasteiger partial charge in [0.25, 0.3) is 0 Å². The molecule has 8 heteroatoms. The number of hydrogen-bond donors (Lipinski definition) is 0. The molecule has 0 spiro atoms. The number of esters is 1. The molecule has 1 aliphatic rings. The molecule has 0 fully saturated rings. The van der Waals surface area contributed by atoms with Gasteiger partial charge in [0.15, 0.2) is 17.2 Å². The zero-order valence-electron chi connectivity index (χ0n) is 14.3. The molecule has 0 N–H and O–H groups in total. The number of nitrogens with zero attached hydrogens (tertiary/aromatic N) is 1. The number of benzene rings is 2. The van der Waals surface area contributed by atoms with Crippen molar-refractivity contribution in [3.05, 3.63) is 64.9 Å². The van der Waals surface area contributed by atoms with Gasteiger partial charge in [-0.25, -0.2) is 9.79 Å². The summed E-state index contributed by atoms with van der Waals surface area (Å²) in [6.07, 6.45) is -3.50. The van der Waals surface area contributed by atoms with Gasteiger partial charge in [-0.15, -0.1) is 0 Å². The van der Waals surface area contributed by atoms with Gasteiger partial charge in [0.2, 0.25) is 5.90 Å². The van der Waals surface area contributed by atoms with E-state index >= 15 is 0 Å². The molecule has 1 aliphatic heterocycles. The van der Waals surface area contributed by atoms with Crippen molar-refractivity contribution >= 4 is 17.9 Å². The van der Waals surface area contributed by atoms with E-state index in [1.165, 1.54) is 32.4 Å². The summed E-state index contributed by atoms with van der Waals surface area (Å²) >= 11 is 0. The van der Waals surface area contributed by atoms with Crippen LogP contribution in [0.1, 0.15) is 16.7 Å². The Hall–Kier alpha value is -3.29. The summed E-state index contributed by atoms with van der Waals surface area (Å²) in [6.45, 7) is 0. The van der Waals surface area contributed by atoms with Crippen molar-refractivity contribution in [2.45, 2.75) is 6.18 Å². The van der Waals surface area contributed by atoms with E-state index in [2.05, 4.69) is 4.99 Å². The van der Waals surface area contributed by atoms with Crippen LogP contribution in [0.25, 0.3) is 6.08 Å². The molecule has 27 heavy (non-hydrogen) atoms. The van der Waals surface area contributed by atoms with Gasteiger partial charge in [0.1, 0.15) is 0 Å². The molecule has 0 atom stereocenters. The van der Waals surface area contributed by atoms with E-state index < -0.39 is 17.7 Å². The minimum absolute atomic E-state index is 0.0308. The highest BCUT2D eigenvalue weighted by atomic mass is 19.4. The Morgan fingerprint density at radius 3 is 2.41 bits per heavy atom. The van der Waals surface area contributed by atoms with Crippen molar-refractivity contribution in [3.8, 4) is 11.5 Å². The number of alkyl halides is 3. The summed E-state index contributed by atoms with van der Waals surface area (Å²) in [5, 5.41) is 0. The van der Waals surface area contributed by atoms with Gasteiger partial charge in [-0.2, -0.15) is 13.2 Å². The Labute approximate surface area is 152 Å². The number of ether oxygens (including phenoxy) is 3. The molecule has 2 aromatic rings. The maximum Gasteiger partial charge on any atom is 0.416 e. The average molecular weight is 377 g/mol. The minimum atomic E-state index is -4.55. The number of carbonyl (C=O) groups is 1. The maximum atomic E-state index is 13.1. The maximum absolute atomic E-state index is 13.1. The molecule has 1 heterocycles. The Bertz CT molecular complexity index is 948. The van der Waals surface area contributed by atoms with Crippen molar-refractivity contribution in [3.63, 3.8) is 0 Å². The second-order valence-corrected chi connectivity index (χ2v) is 5.49. The first-order valence-corrected chi connectivity index (χ1v) is 7.74. The Kier molecular flexibility index (Phi) is 4.89. The lowest BCUT2D eigenvalue weighted by Crippen LogP contribution is -2.08. The Morgan fingerprint density at radius 2 is 1.74 bits per heavy atom. The summed E-state index contributed by atoms with van der Waals surface area (Å²) in [4.78, 5) is 16.1. The van der Waals surface area contributed by atoms with Crippen LogP contribution in [0.2, 0.25) is 0 Å². The lowest BCUT2D eigenvalue weighted by Gasteiger charge is -2.09. The highest BCUT2D eigenvalue weighted by molar-refractivity contribution is 6.13. The quantitative estimate of drug-likeness (QED) is 0.595. The van der Waals surface area contributed by atoms with E-state index in [0.717, 1.165) is 12.1 Å². The van der Waals surface area contributed by atoms with Gasteiger partial charge in [-0.1, -0.05) is 18.2 Å². The summed E-state index contributed by atoms with van der Waals surface area (Å²) in [5.74, 6) is 0.00287. The highest BCUT2D eigenvalue weighted by Gasteiger charge is 2.33. The zero-order chi connectivity index (χ0) is 19.6. The van der Waals surface area contributed by atoms with Crippen LogP contribution in [0.4, 0.5) is 13.2 Å². The molecule has 0 saturated heterocycles. The summed E-state index contributed by atoms with van der Waals surface area (Å²) < 4.78 is 54.7. The number of aliphatic imine (C=N–C) groups is 1. The van der Waals surface area contributed by atoms with E-state index in [1.807, 2.05) is 0 Å². The smallest absolute Gasteiger partial charge is 0.416 e. The number of carbonyl (C=O) groups excluding carboxylic acids is 1. The molecule has 0 bridgehead atoms. The second kappa shape index (κ2) is 7.14. The fraction of sp³-hybridized carbons (Fsp3) is 0.158. The predicted molar refractivity (Wildman–Crippen MR) is 91.6 cm³/mol. The molecule has 0 saturated carbocycles. The molecule has 0 aromatic heterocycles. The van der Waals surface area contributed by atoms with Crippen molar-refractivity contribution in [2.24, 2.45) is 4.99 Å². The number of hydrogen-bond acceptors (Lipinski definition) is 5. The lowest BCUT2D eigenvalue weighted by atomic mass is 10.1. The van der Waals surface area contributed by atoms with Crippen LogP contribution in [0.15, 0.2) is 53.2 Å². The third-order valence-corrected chi connectivity index (χ3v) is 3.81. The van der Waals surface area contributed by atoms with E-state index in [1.54, 1.807) is 18.2 Å². The molecule has 3 rings (SSSR count). The van der Waals surface area contributed by atoms with Gasteiger partial charge >= 0.3 is 12.1 Å². The predicted octanol–water partition coefficient (Wildman–Crippen LogP) is 4.07. The van der Waals surface area contributed by atoms with Gasteiger partial charge in [0.05, 0.1) is 19.8 Å². The molecule has 0 amide bonds. The fourth-order valence-corrected chi connectivity index (χ4v) is 2.53. The Morgan fingerprint density at radius 1 is 1.04 bits per heavy atom. The molecular weight excluding hydrogens is 363 g/mol. The first-order valence-electron chi connectivity index (χ1n) is 7.74. The first kappa shape index (κ1) is 18.5. The molecule has 0 unspecified atom stereocenters. The Balaban J connectivity index is 2.00. The van der Waals surface area contributed by atoms with Crippen LogP contribution in [-0.2, 0) is 15.7 Å². The largest absolute Gasteiger partial charge is 0.493 e. The lowest BCUT2D eigenvalue weighted by molar-refractivity contribution is -0.137. The molecule has 140 valence electrons. The zero-order valence-corrected chi connectivity index (χ0v) is 14.3. The molecule has 2 aromatic carbocycles. The first-order chi connectivity index (χ1) is 12.8. The number of cyclic esters (lactones) is 1. The van der Waals surface area contributed by atoms with Crippen LogP contribution in [0.3, 0.4) is 0 Å². The average Bonchev–Trinajstić information content (AvgIpc) is 3.01. The van der Waals surface area contributed by atoms with Crippen molar-refractivity contribution < 1.29 is 32.2 Å². The topological polar surface area (TPSA) is 57.1 Å². The van der Waals surface area contributed by atoms with E-state index in [0.29, 0.717) is 17.1 Å². The minimum Gasteiger partial charge on any atom is -0.493 e. The van der Waals surface area contributed by atoms with Crippen molar-refractivity contribution in [1.29, 1.82) is 0 Å². The fourth-order valence-electron chi connectivity index (χ4n) is 2.53. The van der Waals surface area contributed by atoms with Crippen molar-refractivity contribution in [1.82, 2.24) is 0 Å². The number of methoxy groups -OCH3 is 2. The second-order valence-electron chi connectivity index (χ2n) is 5.49. The van der Waals surface area contributed by atoms with Crippen LogP contribution in [0.5, 0.6) is 11.5 Å². The van der Waals surface area contributed by atoms with Crippen LogP contribution >= 0.6 is 0 Å². The summed E-state index contributed by atoms with van der Waals surface area (Å²) in [6, 6.07) is 9.67. The molecule has 0 radical (unpaired) electrons. The number of halogens is 3. The van der Waals surface area contributed by atoms with Gasteiger partial charge in [0, 0.05) is 5.56 Å². The standard InChI is InChI=1S/C19H14F3NO4/c1-25-15-8-7-12(10-16(15)26-2)17-23-14(18(24)27-17)9-11-5-3-4-6-13(11)19(20,21)22/h3-10H,1-2H3. The third kappa shape index (κ3) is 3.79. The summed E-state index contributed by atoms with van der Waals surface area (Å²) in [7, 11) is 2.92. The van der Waals surface area contributed by atoms with Crippen LogP contribution in [-0.4, -0.2) is 26.1 Å². The van der Waals surface area contributed by atoms with E-state index in [4.69, 9.17) is 14.2 Å². The summed E-state index contributed by atoms with van der Waals surface area (Å²) in [5.41, 5.74) is -0.834. The number of rotatable bonds is 4. The SMILES string of the molecule is COc1ccc(C2=NC(=Cc3ccccc3C(F)(F)F)C(=O)O2)cc1OC. The molecule has 5 nitrogen and oxygen atoms in total. The molecule has 0 aliphatic carbocycles. The molecular formula is C19H14F3NO4. The van der Waals surface area contributed by atoms with E-state index in [-0.39, 0.29) is 17.2 Å². The van der Waals surface area contributed by atoms with E-state index in [9.17, 15) is 18.0 Å². The highest BCUT2D eigenvalue weighted by Crippen LogP contribution is 2.34. The monoisotopic (exact) mass is 377 g/mol. The van der Waals surface area contributed by atoms with Gasteiger partial charge in [-0.3, -0.25) is 0 Å². The van der Waals surface area contributed by atoms with Gasteiger partial charge < -0.3 is 14.2 Å². The van der Waals surface area contributed by atoms with Gasteiger partial charge in [-0.05, 0) is 35.9 Å². The van der Waals surface area contributed by atoms with Crippen molar-refractivity contribution in [2.75, 3.05) is 14.2 Å². The normalized spacial score (nSPS) is 15.5. The van der Waals surface area contributed by atoms with Crippen LogP contribution < -0.4 is 9.47 Å². The third-order valence-electron chi connectivity index (χ3n) is 3.81.